The molecule has 6 heteroatoms. The third-order valence-electron chi connectivity index (χ3n) is 4.61. The van der Waals surface area contributed by atoms with E-state index in [-0.39, 0.29) is 12.0 Å². The molecule has 2 heterocycles. The van der Waals surface area contributed by atoms with Crippen LogP contribution in [-0.2, 0) is 10.3 Å². The topological polar surface area (TPSA) is 50.4 Å². The Bertz CT molecular complexity index is 853. The number of benzene rings is 2. The van der Waals surface area contributed by atoms with Crippen molar-refractivity contribution in [2.45, 2.75) is 18.1 Å². The number of amides is 1. The molecule has 2 aromatic carbocycles. The number of nitrogens with one attached hydrogen (secondary N) is 2. The zero-order valence-corrected chi connectivity index (χ0v) is 14.0. The van der Waals surface area contributed by atoms with Crippen LogP contribution in [0.4, 0.5) is 0 Å². The van der Waals surface area contributed by atoms with Gasteiger partial charge in [-0.25, -0.2) is 0 Å². The van der Waals surface area contributed by atoms with Gasteiger partial charge in [0.1, 0.15) is 19.7 Å². The second kappa shape index (κ2) is 5.31. The van der Waals surface area contributed by atoms with Gasteiger partial charge in [0.15, 0.2) is 5.54 Å². The molecule has 1 fully saturated rings. The van der Waals surface area contributed by atoms with E-state index in [1.165, 1.54) is 0 Å². The third-order valence-corrected chi connectivity index (χ3v) is 4.87. The van der Waals surface area contributed by atoms with Gasteiger partial charge in [0.05, 0.1) is 5.82 Å². The summed E-state index contributed by atoms with van der Waals surface area (Å²) in [5.41, 5.74) is 2.05. The molecule has 1 saturated heterocycles. The van der Waals surface area contributed by atoms with Crippen molar-refractivity contribution in [2.75, 3.05) is 0 Å². The molecule has 4 nitrogen and oxygen atoms in total. The van der Waals surface area contributed by atoms with Crippen LogP contribution in [0.5, 0.6) is 5.75 Å². The Labute approximate surface area is 146 Å². The lowest BCUT2D eigenvalue weighted by molar-refractivity contribution is -0.126. The fraction of sp³-hybridized carbons (Fsp3) is 0.167. The van der Waals surface area contributed by atoms with Crippen LogP contribution in [0.1, 0.15) is 23.7 Å². The summed E-state index contributed by atoms with van der Waals surface area (Å²) in [5.74, 6) is 1.13. The van der Waals surface area contributed by atoms with Crippen molar-refractivity contribution < 1.29 is 9.53 Å². The summed E-state index contributed by atoms with van der Waals surface area (Å²) < 4.78 is 6.19. The Balaban J connectivity index is 1.84. The van der Waals surface area contributed by atoms with Crippen LogP contribution in [-0.4, -0.2) is 13.8 Å². The number of hydrogen-bond acceptors (Lipinski definition) is 3. The van der Waals surface area contributed by atoms with Crippen molar-refractivity contribution >= 4 is 30.8 Å². The maximum atomic E-state index is 12.8. The third kappa shape index (κ3) is 2.28. The molecule has 120 valence electrons. The molecule has 2 N–H and O–H groups in total. The summed E-state index contributed by atoms with van der Waals surface area (Å²) in [5, 5.41) is 6.72. The average molecular weight is 339 g/mol. The molecule has 1 amide bonds. The monoisotopic (exact) mass is 338 g/mol. The molecule has 2 aromatic rings. The predicted octanol–water partition coefficient (Wildman–Crippen LogP) is 1.51. The molecule has 2 aliphatic heterocycles. The lowest BCUT2D eigenvalue weighted by Gasteiger charge is -2.38. The summed E-state index contributed by atoms with van der Waals surface area (Å²) >= 11 is 5.98. The first-order chi connectivity index (χ1) is 11.5. The number of carbonyl (C=O) groups excluding carboxylic acids is 1. The van der Waals surface area contributed by atoms with Crippen molar-refractivity contribution in [3.63, 3.8) is 0 Å². The highest BCUT2D eigenvalue weighted by Crippen LogP contribution is 2.46. The molecule has 24 heavy (non-hydrogen) atoms. The molecule has 2 atom stereocenters. The fourth-order valence-corrected chi connectivity index (χ4v) is 3.58. The number of rotatable bonds is 1. The van der Waals surface area contributed by atoms with E-state index < -0.39 is 5.54 Å². The minimum atomic E-state index is -0.860. The summed E-state index contributed by atoms with van der Waals surface area (Å²) in [6.45, 7) is 3.86. The molecule has 2 aliphatic rings. The molecule has 1 spiro atoms. The second-order valence-electron chi connectivity index (χ2n) is 6.32. The number of carbonyl (C=O) groups is 1. The van der Waals surface area contributed by atoms with E-state index in [1.807, 2.05) is 50.3 Å². The van der Waals surface area contributed by atoms with Crippen LogP contribution < -0.4 is 20.8 Å². The molecule has 2 unspecified atom stereocenters. The number of ether oxygens (including phenoxy) is 1. The fourth-order valence-electron chi connectivity index (χ4n) is 3.45. The van der Waals surface area contributed by atoms with Crippen molar-refractivity contribution in [3.05, 3.63) is 71.0 Å². The highest BCUT2D eigenvalue weighted by Gasteiger charge is 2.51. The van der Waals surface area contributed by atoms with Crippen LogP contribution in [0.2, 0.25) is 5.02 Å². The van der Waals surface area contributed by atoms with Crippen molar-refractivity contribution in [2.24, 2.45) is 0 Å². The molecule has 4 rings (SSSR count). The van der Waals surface area contributed by atoms with E-state index >= 15 is 0 Å². The Hall–Kier alpha value is -2.40. The van der Waals surface area contributed by atoms with Gasteiger partial charge >= 0.3 is 0 Å². The zero-order valence-electron chi connectivity index (χ0n) is 13.2. The number of halogens is 1. The van der Waals surface area contributed by atoms with Gasteiger partial charge in [0.2, 0.25) is 0 Å². The van der Waals surface area contributed by atoms with Crippen molar-refractivity contribution in [1.82, 2.24) is 10.6 Å². The van der Waals surface area contributed by atoms with Crippen LogP contribution in [0, 0.1) is 0 Å². The van der Waals surface area contributed by atoms with E-state index in [0.717, 1.165) is 16.6 Å². The van der Waals surface area contributed by atoms with E-state index in [4.69, 9.17) is 16.3 Å². The molecule has 0 aromatic heterocycles. The van der Waals surface area contributed by atoms with Crippen molar-refractivity contribution in [3.8, 4) is 5.75 Å². The Morgan fingerprint density at radius 1 is 1.25 bits per heavy atom. The minimum absolute atomic E-state index is 0.0957. The predicted molar refractivity (Wildman–Crippen MR) is 96.2 cm³/mol. The molecular weight excluding hydrogens is 322 g/mol. The number of fused-ring (bicyclic) bond motifs is 2. The standard InChI is InChI=1S/C18H16BClN2O2/c1-10-21-17(23)18(22-10)9-16(11-2-5-13(20)6-3-11)24-15-7-4-12(19)8-14(15)18/h2-8,16,22H,1,9,19H2,(H,21,23). The SMILES string of the molecule is Bc1ccc2c(c1)C1(CC(c3ccc(Cl)cc3)O2)NC(=C)NC1=O. The lowest BCUT2D eigenvalue weighted by Crippen LogP contribution is -2.48. The Morgan fingerprint density at radius 3 is 2.67 bits per heavy atom. The van der Waals surface area contributed by atoms with Crippen LogP contribution >= 0.6 is 11.6 Å². The molecule has 0 aliphatic carbocycles. The normalized spacial score (nSPS) is 25.0. The first-order valence-corrected chi connectivity index (χ1v) is 8.17. The van der Waals surface area contributed by atoms with Gasteiger partial charge in [0.25, 0.3) is 5.91 Å². The van der Waals surface area contributed by atoms with E-state index in [9.17, 15) is 4.79 Å². The highest BCUT2D eigenvalue weighted by molar-refractivity contribution is 6.32. The van der Waals surface area contributed by atoms with Gasteiger partial charge in [-0.2, -0.15) is 0 Å². The highest BCUT2D eigenvalue weighted by atomic mass is 35.5. The summed E-state index contributed by atoms with van der Waals surface area (Å²) in [4.78, 5) is 12.8. The smallest absolute Gasteiger partial charge is 0.256 e. The van der Waals surface area contributed by atoms with Gasteiger partial charge in [-0.1, -0.05) is 47.9 Å². The Kier molecular flexibility index (Phi) is 3.35. The summed E-state index contributed by atoms with van der Waals surface area (Å²) in [7, 11) is 2.00. The van der Waals surface area contributed by atoms with Gasteiger partial charge in [-0.15, -0.1) is 0 Å². The van der Waals surface area contributed by atoms with Crippen LogP contribution in [0.25, 0.3) is 0 Å². The van der Waals surface area contributed by atoms with Gasteiger partial charge in [-0.05, 0) is 23.8 Å². The summed E-state index contributed by atoms with van der Waals surface area (Å²) in [6, 6.07) is 13.4. The van der Waals surface area contributed by atoms with Crippen molar-refractivity contribution in [1.29, 1.82) is 0 Å². The molecule has 0 bridgehead atoms. The quantitative estimate of drug-likeness (QED) is 0.775. The zero-order chi connectivity index (χ0) is 16.9. The maximum absolute atomic E-state index is 12.8. The summed E-state index contributed by atoms with van der Waals surface area (Å²) in [6.07, 6.45) is 0.234. The van der Waals surface area contributed by atoms with Crippen LogP contribution in [0.3, 0.4) is 0 Å². The molecule has 0 radical (unpaired) electrons. The molecule has 0 saturated carbocycles. The van der Waals surface area contributed by atoms with Gasteiger partial charge in [0, 0.05) is 17.0 Å². The number of hydrogen-bond donors (Lipinski definition) is 2. The largest absolute Gasteiger partial charge is 0.485 e. The first-order valence-electron chi connectivity index (χ1n) is 7.80. The van der Waals surface area contributed by atoms with E-state index in [0.29, 0.717) is 23.0 Å². The first kappa shape index (κ1) is 15.2. The van der Waals surface area contributed by atoms with E-state index in [1.54, 1.807) is 0 Å². The van der Waals surface area contributed by atoms with Crippen LogP contribution in [0.15, 0.2) is 54.9 Å². The van der Waals surface area contributed by atoms with Gasteiger partial charge < -0.3 is 15.4 Å². The lowest BCUT2D eigenvalue weighted by atomic mass is 9.78. The van der Waals surface area contributed by atoms with Gasteiger partial charge in [-0.3, -0.25) is 4.79 Å². The molecular formula is C18H16BClN2O2. The average Bonchev–Trinajstić information content (AvgIpc) is 2.83. The Morgan fingerprint density at radius 2 is 2.00 bits per heavy atom. The maximum Gasteiger partial charge on any atom is 0.256 e. The minimum Gasteiger partial charge on any atom is -0.485 e. The van der Waals surface area contributed by atoms with E-state index in [2.05, 4.69) is 17.2 Å². The second-order valence-corrected chi connectivity index (χ2v) is 6.76.